The molecule has 1 aliphatic carbocycles. The van der Waals surface area contributed by atoms with Crippen LogP contribution in [0.25, 0.3) is 0 Å². The molecule has 1 saturated carbocycles. The first-order valence-corrected chi connectivity index (χ1v) is 12.9. The van der Waals surface area contributed by atoms with Gasteiger partial charge in [-0.3, -0.25) is 4.79 Å². The molecule has 2 aromatic rings. The van der Waals surface area contributed by atoms with Gasteiger partial charge in [0.25, 0.3) is 5.91 Å². The number of aryl methyl sites for hydroxylation is 1. The van der Waals surface area contributed by atoms with Crippen LogP contribution in [0.15, 0.2) is 28.5 Å². The van der Waals surface area contributed by atoms with Gasteiger partial charge < -0.3 is 14.8 Å². The van der Waals surface area contributed by atoms with Gasteiger partial charge in [-0.05, 0) is 54.5 Å². The largest absolute Gasteiger partial charge is 0.482 e. The Labute approximate surface area is 186 Å². The summed E-state index contributed by atoms with van der Waals surface area (Å²) in [6.45, 7) is 1.92. The fourth-order valence-corrected chi connectivity index (χ4v) is 7.41. The van der Waals surface area contributed by atoms with Gasteiger partial charge in [-0.1, -0.05) is 12.8 Å². The van der Waals surface area contributed by atoms with Crippen molar-refractivity contribution in [1.82, 2.24) is 4.31 Å². The van der Waals surface area contributed by atoms with Crippen LogP contribution in [0.3, 0.4) is 0 Å². The summed E-state index contributed by atoms with van der Waals surface area (Å²) in [5, 5.41) is 4.78. The summed E-state index contributed by atoms with van der Waals surface area (Å²) in [7, 11) is -2.20. The number of thiophene rings is 1. The third-order valence-electron chi connectivity index (χ3n) is 6.47. The minimum Gasteiger partial charge on any atom is -0.482 e. The smallest absolute Gasteiger partial charge is 0.262 e. The Hall–Kier alpha value is -1.94. The molecule has 1 aromatic carbocycles. The second kappa shape index (κ2) is 7.88. The standard InChI is InChI=1S/C22H26N2O5S2/c1-13-9-18-16(23-21(25)12-28-18)10-20(13)31(26,27)24(2)11-19-15-7-8-30-22(15)14-5-3-4-6-17(14)29-19/h7-10,14,17,19H,3-6,11-12H2,1-2H3,(H,23,25)/t14-,17-,19+/m1/s1. The third-order valence-corrected chi connectivity index (χ3v) is 9.50. The minimum absolute atomic E-state index is 0.0669. The maximum Gasteiger partial charge on any atom is 0.262 e. The number of carbonyl (C=O) groups excluding carboxylic acids is 1. The Morgan fingerprint density at radius 1 is 1.26 bits per heavy atom. The van der Waals surface area contributed by atoms with Crippen molar-refractivity contribution >= 4 is 33.0 Å². The van der Waals surface area contributed by atoms with Crippen molar-refractivity contribution in [2.45, 2.75) is 55.6 Å². The third kappa shape index (κ3) is 3.67. The lowest BCUT2D eigenvalue weighted by Crippen LogP contribution is -2.38. The molecule has 0 unspecified atom stereocenters. The van der Waals surface area contributed by atoms with Crippen molar-refractivity contribution < 1.29 is 22.7 Å². The van der Waals surface area contributed by atoms with E-state index in [0.717, 1.165) is 24.8 Å². The second-order valence-electron chi connectivity index (χ2n) is 8.53. The van der Waals surface area contributed by atoms with E-state index in [0.29, 0.717) is 22.9 Å². The number of nitrogens with zero attached hydrogens (tertiary/aromatic N) is 1. The fraction of sp³-hybridized carbons (Fsp3) is 0.500. The highest BCUT2D eigenvalue weighted by Crippen LogP contribution is 2.47. The van der Waals surface area contributed by atoms with E-state index < -0.39 is 10.0 Å². The second-order valence-corrected chi connectivity index (χ2v) is 11.5. The average Bonchev–Trinajstić information content (AvgIpc) is 3.24. The Bertz CT molecular complexity index is 1130. The monoisotopic (exact) mass is 462 g/mol. The molecule has 9 heteroatoms. The molecule has 1 aromatic heterocycles. The normalized spacial score (nSPS) is 25.3. The molecule has 0 spiro atoms. The lowest BCUT2D eigenvalue weighted by molar-refractivity contribution is -0.118. The molecule has 3 atom stereocenters. The quantitative estimate of drug-likeness (QED) is 0.747. The van der Waals surface area contributed by atoms with Crippen LogP contribution in [0.5, 0.6) is 5.75 Å². The van der Waals surface area contributed by atoms with E-state index in [1.54, 1.807) is 31.4 Å². The number of benzene rings is 1. The van der Waals surface area contributed by atoms with Crippen molar-refractivity contribution in [2.24, 2.45) is 0 Å². The van der Waals surface area contributed by atoms with E-state index in [4.69, 9.17) is 9.47 Å². The molecule has 166 valence electrons. The number of rotatable bonds is 4. The van der Waals surface area contributed by atoms with Crippen LogP contribution in [0.4, 0.5) is 5.69 Å². The van der Waals surface area contributed by atoms with E-state index in [9.17, 15) is 13.2 Å². The van der Waals surface area contributed by atoms with Crippen molar-refractivity contribution in [1.29, 1.82) is 0 Å². The van der Waals surface area contributed by atoms with E-state index in [1.807, 2.05) is 0 Å². The Kier molecular flexibility index (Phi) is 5.32. The minimum atomic E-state index is -3.79. The predicted octanol–water partition coefficient (Wildman–Crippen LogP) is 3.81. The van der Waals surface area contributed by atoms with Gasteiger partial charge in [0.2, 0.25) is 10.0 Å². The highest BCUT2D eigenvalue weighted by Gasteiger charge is 2.39. The first-order valence-electron chi connectivity index (χ1n) is 10.6. The summed E-state index contributed by atoms with van der Waals surface area (Å²) in [5.74, 6) is 0.629. The van der Waals surface area contributed by atoms with Gasteiger partial charge in [0, 0.05) is 24.4 Å². The molecule has 0 bridgehead atoms. The van der Waals surface area contributed by atoms with Crippen LogP contribution in [0.2, 0.25) is 0 Å². The molecule has 0 radical (unpaired) electrons. The number of sulfonamides is 1. The zero-order chi connectivity index (χ0) is 21.8. The summed E-state index contributed by atoms with van der Waals surface area (Å²) in [5.41, 5.74) is 2.08. The molecular formula is C22H26N2O5S2. The summed E-state index contributed by atoms with van der Waals surface area (Å²) < 4.78 is 40.1. The highest BCUT2D eigenvalue weighted by molar-refractivity contribution is 7.89. The number of fused-ring (bicyclic) bond motifs is 4. The molecule has 31 heavy (non-hydrogen) atoms. The van der Waals surface area contributed by atoms with E-state index in [1.165, 1.54) is 21.7 Å². The van der Waals surface area contributed by atoms with Crippen LogP contribution in [0.1, 0.15) is 53.7 Å². The Morgan fingerprint density at radius 3 is 2.90 bits per heavy atom. The Balaban J connectivity index is 1.42. The molecule has 2 aliphatic heterocycles. The number of anilines is 1. The number of nitrogens with one attached hydrogen (secondary N) is 1. The number of likely N-dealkylation sites (N-methyl/N-ethyl adjacent to an activating group) is 1. The van der Waals surface area contributed by atoms with Crippen LogP contribution in [-0.4, -0.2) is 44.9 Å². The first kappa shape index (κ1) is 20.9. The molecule has 3 heterocycles. The zero-order valence-electron chi connectivity index (χ0n) is 17.6. The van der Waals surface area contributed by atoms with Crippen molar-refractivity contribution in [3.8, 4) is 5.75 Å². The van der Waals surface area contributed by atoms with E-state index in [2.05, 4.69) is 16.8 Å². The van der Waals surface area contributed by atoms with E-state index >= 15 is 0 Å². The molecule has 3 aliphatic rings. The molecular weight excluding hydrogens is 436 g/mol. The maximum absolute atomic E-state index is 13.4. The molecule has 5 rings (SSSR count). The summed E-state index contributed by atoms with van der Waals surface area (Å²) >= 11 is 1.76. The lowest BCUT2D eigenvalue weighted by atomic mass is 9.81. The van der Waals surface area contributed by atoms with E-state index in [-0.39, 0.29) is 36.2 Å². The Morgan fingerprint density at radius 2 is 2.06 bits per heavy atom. The van der Waals surface area contributed by atoms with Crippen LogP contribution >= 0.6 is 11.3 Å². The van der Waals surface area contributed by atoms with Gasteiger partial charge in [0.1, 0.15) is 5.75 Å². The van der Waals surface area contributed by atoms with Gasteiger partial charge in [-0.15, -0.1) is 11.3 Å². The van der Waals surface area contributed by atoms with Crippen molar-refractivity contribution in [2.75, 3.05) is 25.5 Å². The van der Waals surface area contributed by atoms with Gasteiger partial charge in [0.15, 0.2) is 6.61 Å². The number of hydrogen-bond acceptors (Lipinski definition) is 6. The van der Waals surface area contributed by atoms with Gasteiger partial charge in [0.05, 0.1) is 22.8 Å². The SMILES string of the molecule is Cc1cc2c(cc1S(=O)(=O)N(C)C[C@@H]1O[C@@H]3CCCC[C@H]3c3sccc31)NC(=O)CO2. The van der Waals surface area contributed by atoms with Crippen molar-refractivity contribution in [3.05, 3.63) is 39.6 Å². The number of carbonyl (C=O) groups is 1. The summed E-state index contributed by atoms with van der Waals surface area (Å²) in [6, 6.07) is 5.23. The molecule has 0 saturated heterocycles. The van der Waals surface area contributed by atoms with Gasteiger partial charge >= 0.3 is 0 Å². The average molecular weight is 463 g/mol. The molecule has 7 nitrogen and oxygen atoms in total. The van der Waals surface area contributed by atoms with Crippen molar-refractivity contribution in [3.63, 3.8) is 0 Å². The van der Waals surface area contributed by atoms with Gasteiger partial charge in [-0.2, -0.15) is 4.31 Å². The van der Waals surface area contributed by atoms with Crippen LogP contribution in [-0.2, 0) is 19.6 Å². The zero-order valence-corrected chi connectivity index (χ0v) is 19.2. The lowest BCUT2D eigenvalue weighted by Gasteiger charge is -2.40. The van der Waals surface area contributed by atoms with Crippen LogP contribution < -0.4 is 10.1 Å². The van der Waals surface area contributed by atoms with Crippen LogP contribution in [0, 0.1) is 6.92 Å². The predicted molar refractivity (Wildman–Crippen MR) is 118 cm³/mol. The van der Waals surface area contributed by atoms with Gasteiger partial charge in [-0.25, -0.2) is 8.42 Å². The summed E-state index contributed by atoms with van der Waals surface area (Å²) in [6.07, 6.45) is 4.43. The first-order chi connectivity index (χ1) is 14.8. The number of amides is 1. The summed E-state index contributed by atoms with van der Waals surface area (Å²) in [4.78, 5) is 13.2. The highest BCUT2D eigenvalue weighted by atomic mass is 32.2. The molecule has 1 N–H and O–H groups in total. The fourth-order valence-electron chi connectivity index (χ4n) is 4.87. The molecule has 1 fully saturated rings. The number of ether oxygens (including phenoxy) is 2. The maximum atomic E-state index is 13.4. The molecule has 1 amide bonds. The topological polar surface area (TPSA) is 84.9 Å². The number of hydrogen-bond donors (Lipinski definition) is 1.